The summed E-state index contributed by atoms with van der Waals surface area (Å²) in [5.74, 6) is 0.995. The van der Waals surface area contributed by atoms with Gasteiger partial charge in [-0.2, -0.15) is 10.1 Å². The molecule has 8 heteroatoms. The second-order valence-electron chi connectivity index (χ2n) is 5.95. The van der Waals surface area contributed by atoms with Crippen LogP contribution in [0.25, 0.3) is 22.3 Å². The molecule has 1 atom stereocenters. The van der Waals surface area contributed by atoms with Crippen molar-refractivity contribution in [2.45, 2.75) is 19.3 Å². The summed E-state index contributed by atoms with van der Waals surface area (Å²) in [6.07, 6.45) is -0.0584. The molecule has 1 aliphatic heterocycles. The third kappa shape index (κ3) is 2.84. The Morgan fingerprint density at radius 1 is 1.19 bits per heavy atom. The van der Waals surface area contributed by atoms with Gasteiger partial charge in [0.05, 0.1) is 23.7 Å². The van der Waals surface area contributed by atoms with Gasteiger partial charge in [0.15, 0.2) is 5.69 Å². The van der Waals surface area contributed by atoms with Crippen LogP contribution in [0.5, 0.6) is 0 Å². The Balaban J connectivity index is 1.40. The summed E-state index contributed by atoms with van der Waals surface area (Å²) in [6, 6.07) is 13.6. The summed E-state index contributed by atoms with van der Waals surface area (Å²) in [5, 5.41) is 11.4. The van der Waals surface area contributed by atoms with Crippen LogP contribution < -0.4 is 0 Å². The molecule has 1 aromatic carbocycles. The minimum absolute atomic E-state index is 0.0584. The number of ether oxygens (including phenoxy) is 1. The summed E-state index contributed by atoms with van der Waals surface area (Å²) in [4.78, 5) is 5.42. The van der Waals surface area contributed by atoms with Crippen LogP contribution in [0, 0.1) is 0 Å². The number of benzene rings is 1. The van der Waals surface area contributed by atoms with Gasteiger partial charge in [-0.1, -0.05) is 35.0 Å². The Labute approximate surface area is 158 Å². The van der Waals surface area contributed by atoms with Gasteiger partial charge in [-0.05, 0) is 35.2 Å². The minimum Gasteiger partial charge on any atom is -0.365 e. The molecule has 0 saturated carbocycles. The van der Waals surface area contributed by atoms with Crippen LogP contribution in [0.15, 0.2) is 52.4 Å². The van der Waals surface area contributed by atoms with Crippen molar-refractivity contribution in [3.05, 3.63) is 64.1 Å². The van der Waals surface area contributed by atoms with E-state index in [2.05, 4.69) is 15.2 Å². The largest absolute Gasteiger partial charge is 0.365 e. The highest BCUT2D eigenvalue weighted by Gasteiger charge is 2.24. The number of thiophene rings is 1. The third-order valence-electron chi connectivity index (χ3n) is 4.26. The maximum Gasteiger partial charge on any atom is 0.278 e. The number of hydrogen-bond acceptors (Lipinski definition) is 6. The Kier molecular flexibility index (Phi) is 3.85. The van der Waals surface area contributed by atoms with E-state index < -0.39 is 0 Å². The van der Waals surface area contributed by atoms with E-state index in [4.69, 9.17) is 20.9 Å². The molecule has 4 aromatic rings. The van der Waals surface area contributed by atoms with E-state index >= 15 is 0 Å². The van der Waals surface area contributed by atoms with E-state index in [0.717, 1.165) is 16.1 Å². The highest BCUT2D eigenvalue weighted by Crippen LogP contribution is 2.30. The molecule has 0 aliphatic carbocycles. The van der Waals surface area contributed by atoms with Gasteiger partial charge in [0, 0.05) is 5.02 Å². The summed E-state index contributed by atoms with van der Waals surface area (Å²) in [6.45, 7) is 1.11. The van der Waals surface area contributed by atoms with E-state index in [1.807, 2.05) is 52.5 Å². The van der Waals surface area contributed by atoms with Crippen LogP contribution in [-0.4, -0.2) is 19.9 Å². The topological polar surface area (TPSA) is 66.0 Å². The highest BCUT2D eigenvalue weighted by atomic mass is 35.5. The average molecular weight is 385 g/mol. The van der Waals surface area contributed by atoms with Gasteiger partial charge in [0.1, 0.15) is 6.10 Å². The number of rotatable bonds is 3. The summed E-state index contributed by atoms with van der Waals surface area (Å²) in [5.41, 5.74) is 2.73. The first-order chi connectivity index (χ1) is 12.8. The minimum atomic E-state index is -0.0584. The molecular weight excluding hydrogens is 372 g/mol. The predicted octanol–water partition coefficient (Wildman–Crippen LogP) is 4.59. The first-order valence-electron chi connectivity index (χ1n) is 8.08. The second-order valence-corrected chi connectivity index (χ2v) is 7.34. The summed E-state index contributed by atoms with van der Waals surface area (Å²) in [7, 11) is 0. The Morgan fingerprint density at radius 2 is 2.08 bits per heavy atom. The number of hydrogen-bond donors (Lipinski definition) is 0. The average Bonchev–Trinajstić information content (AvgIpc) is 3.40. The molecule has 0 bridgehead atoms. The quantitative estimate of drug-likeness (QED) is 0.517. The standard InChI is InChI=1S/C18H13ClN4O2S/c19-12-5-3-11(4-6-12)15-9-23-13(10-24-15)8-14(21-23)18-20-17(22-25-18)16-2-1-7-26-16/h1-8,15H,9-10H2. The molecule has 0 amide bonds. The second kappa shape index (κ2) is 6.35. The van der Waals surface area contributed by atoms with Crippen molar-refractivity contribution >= 4 is 22.9 Å². The van der Waals surface area contributed by atoms with Crippen molar-refractivity contribution in [3.8, 4) is 22.3 Å². The fourth-order valence-electron chi connectivity index (χ4n) is 2.94. The van der Waals surface area contributed by atoms with E-state index in [0.29, 0.717) is 35.6 Å². The van der Waals surface area contributed by atoms with Crippen LogP contribution >= 0.6 is 22.9 Å². The van der Waals surface area contributed by atoms with Crippen molar-refractivity contribution in [2.75, 3.05) is 0 Å². The highest BCUT2D eigenvalue weighted by molar-refractivity contribution is 7.13. The first kappa shape index (κ1) is 15.7. The zero-order valence-electron chi connectivity index (χ0n) is 13.5. The normalized spacial score (nSPS) is 16.6. The molecule has 0 spiro atoms. The Hall–Kier alpha value is -2.48. The smallest absolute Gasteiger partial charge is 0.278 e. The summed E-state index contributed by atoms with van der Waals surface area (Å²) < 4.78 is 13.3. The van der Waals surface area contributed by atoms with Crippen LogP contribution in [0.2, 0.25) is 5.02 Å². The van der Waals surface area contributed by atoms with E-state index in [9.17, 15) is 0 Å². The van der Waals surface area contributed by atoms with Gasteiger partial charge < -0.3 is 9.26 Å². The summed E-state index contributed by atoms with van der Waals surface area (Å²) >= 11 is 7.53. The van der Waals surface area contributed by atoms with Crippen LogP contribution in [0.3, 0.4) is 0 Å². The molecule has 0 fully saturated rings. The lowest BCUT2D eigenvalue weighted by atomic mass is 10.1. The molecule has 3 aromatic heterocycles. The molecule has 1 unspecified atom stereocenters. The fraction of sp³-hybridized carbons (Fsp3) is 0.167. The van der Waals surface area contributed by atoms with Gasteiger partial charge in [0.25, 0.3) is 5.89 Å². The molecule has 6 nitrogen and oxygen atoms in total. The van der Waals surface area contributed by atoms with Crippen molar-refractivity contribution in [1.29, 1.82) is 0 Å². The zero-order chi connectivity index (χ0) is 17.5. The lowest BCUT2D eigenvalue weighted by Crippen LogP contribution is -2.21. The van der Waals surface area contributed by atoms with Crippen LogP contribution in [-0.2, 0) is 17.9 Å². The monoisotopic (exact) mass is 384 g/mol. The molecule has 1 aliphatic rings. The van der Waals surface area contributed by atoms with Gasteiger partial charge in [-0.15, -0.1) is 11.3 Å². The van der Waals surface area contributed by atoms with Gasteiger partial charge in [-0.25, -0.2) is 0 Å². The zero-order valence-corrected chi connectivity index (χ0v) is 15.1. The van der Waals surface area contributed by atoms with Gasteiger partial charge >= 0.3 is 0 Å². The van der Waals surface area contributed by atoms with Crippen LogP contribution in [0.1, 0.15) is 17.4 Å². The molecule has 5 rings (SSSR count). The predicted molar refractivity (Wildman–Crippen MR) is 97.8 cm³/mol. The Morgan fingerprint density at radius 3 is 2.88 bits per heavy atom. The van der Waals surface area contributed by atoms with Crippen molar-refractivity contribution in [1.82, 2.24) is 19.9 Å². The Bertz CT molecular complexity index is 1040. The molecule has 130 valence electrons. The molecular formula is C18H13ClN4O2S. The lowest BCUT2D eigenvalue weighted by molar-refractivity contribution is -0.00112. The fourth-order valence-corrected chi connectivity index (χ4v) is 3.72. The maximum absolute atomic E-state index is 5.97. The number of aromatic nitrogens is 4. The van der Waals surface area contributed by atoms with E-state index in [1.54, 1.807) is 11.3 Å². The number of fused-ring (bicyclic) bond motifs is 1. The number of halogens is 1. The molecule has 0 saturated heterocycles. The maximum atomic E-state index is 5.97. The molecule has 26 heavy (non-hydrogen) atoms. The van der Waals surface area contributed by atoms with Gasteiger partial charge in [0.2, 0.25) is 5.82 Å². The molecule has 0 N–H and O–H groups in total. The molecule has 0 radical (unpaired) electrons. The third-order valence-corrected chi connectivity index (χ3v) is 5.38. The van der Waals surface area contributed by atoms with Crippen molar-refractivity contribution in [2.24, 2.45) is 0 Å². The van der Waals surface area contributed by atoms with Crippen LogP contribution in [0.4, 0.5) is 0 Å². The van der Waals surface area contributed by atoms with Gasteiger partial charge in [-0.3, -0.25) is 4.68 Å². The number of nitrogens with zero attached hydrogens (tertiary/aromatic N) is 4. The van der Waals surface area contributed by atoms with Crippen molar-refractivity contribution in [3.63, 3.8) is 0 Å². The first-order valence-corrected chi connectivity index (χ1v) is 9.34. The van der Waals surface area contributed by atoms with E-state index in [1.165, 1.54) is 0 Å². The SMILES string of the molecule is Clc1ccc(C2Cn3nc(-c4nc(-c5cccs5)no4)cc3CO2)cc1. The van der Waals surface area contributed by atoms with Crippen molar-refractivity contribution < 1.29 is 9.26 Å². The van der Waals surface area contributed by atoms with E-state index in [-0.39, 0.29) is 6.10 Å². The lowest BCUT2D eigenvalue weighted by Gasteiger charge is -2.24. The molecule has 4 heterocycles.